The fourth-order valence-electron chi connectivity index (χ4n) is 2.35. The molecule has 0 spiro atoms. The minimum Gasteiger partial charge on any atom is -0.464 e. The van der Waals surface area contributed by atoms with Gasteiger partial charge in [-0.3, -0.25) is 28.2 Å². The molecule has 0 saturated carbocycles. The summed E-state index contributed by atoms with van der Waals surface area (Å²) in [5.41, 5.74) is 0. The number of ether oxygens (including phenoxy) is 6. The molecule has 210 valence electrons. The molecule has 0 aromatic rings. The Morgan fingerprint density at radius 2 is 1.53 bits per heavy atom. The van der Waals surface area contributed by atoms with Gasteiger partial charge in [0.2, 0.25) is 0 Å². The van der Waals surface area contributed by atoms with Gasteiger partial charge in [-0.25, -0.2) is 4.57 Å². The predicted molar refractivity (Wildman–Crippen MR) is 122 cm³/mol. The molecule has 36 heavy (non-hydrogen) atoms. The average Bonchev–Trinajstić information content (AvgIpc) is 2.85. The molecule has 0 rings (SSSR count). The van der Waals surface area contributed by atoms with Crippen molar-refractivity contribution in [1.82, 2.24) is 0 Å². The maximum absolute atomic E-state index is 11.8. The summed E-state index contributed by atoms with van der Waals surface area (Å²) in [6, 6.07) is 0. The van der Waals surface area contributed by atoms with Gasteiger partial charge in [-0.2, -0.15) is 0 Å². The third-order valence-electron chi connectivity index (χ3n) is 4.02. The Kier molecular flexibility index (Phi) is 22.2. The molecule has 14 nitrogen and oxygen atoms in total. The van der Waals surface area contributed by atoms with Crippen LogP contribution in [0.4, 0.5) is 0 Å². The van der Waals surface area contributed by atoms with E-state index in [2.05, 4.69) is 14.0 Å². The molecule has 1 N–H and O–H groups in total. The van der Waals surface area contributed by atoms with Gasteiger partial charge >= 0.3 is 13.8 Å². The van der Waals surface area contributed by atoms with Crippen LogP contribution in [0.1, 0.15) is 39.0 Å². The fourth-order valence-corrected chi connectivity index (χ4v) is 3.13. The summed E-state index contributed by atoms with van der Waals surface area (Å²) < 4.78 is 50.8. The maximum Gasteiger partial charge on any atom is 0.472 e. The molecule has 0 heterocycles. The number of phosphoric ester groups is 1. The lowest BCUT2D eigenvalue weighted by atomic mass is 10.2. The summed E-state index contributed by atoms with van der Waals surface area (Å²) in [6.45, 7) is 3.14. The van der Waals surface area contributed by atoms with E-state index < -0.39 is 26.5 Å². The van der Waals surface area contributed by atoms with Crippen molar-refractivity contribution in [3.63, 3.8) is 0 Å². The van der Waals surface area contributed by atoms with E-state index in [1.807, 2.05) is 6.92 Å². The second-order valence-electron chi connectivity index (χ2n) is 7.13. The number of hydrogen-bond acceptors (Lipinski definition) is 13. The number of phosphoric acid groups is 1. The lowest BCUT2D eigenvalue weighted by Crippen LogP contribution is -2.24. The summed E-state index contributed by atoms with van der Waals surface area (Å²) in [5, 5.41) is 0. The first-order chi connectivity index (χ1) is 17.3. The molecule has 2 unspecified atom stereocenters. The first-order valence-electron chi connectivity index (χ1n) is 11.5. The van der Waals surface area contributed by atoms with Gasteiger partial charge in [-0.1, -0.05) is 6.92 Å². The topological polar surface area (TPSA) is 179 Å². The Morgan fingerprint density at radius 1 is 0.833 bits per heavy atom. The van der Waals surface area contributed by atoms with E-state index in [-0.39, 0.29) is 64.6 Å². The van der Waals surface area contributed by atoms with Crippen molar-refractivity contribution in [3.05, 3.63) is 0 Å². The van der Waals surface area contributed by atoms with E-state index in [9.17, 15) is 28.6 Å². The zero-order valence-electron chi connectivity index (χ0n) is 20.5. The molecular formula is C21H37O14P. The highest BCUT2D eigenvalue weighted by Crippen LogP contribution is 2.43. The van der Waals surface area contributed by atoms with Gasteiger partial charge in [-0.15, -0.1) is 0 Å². The number of carbonyl (C=O) groups excluding carboxylic acids is 4. The molecule has 0 saturated heterocycles. The SMILES string of the molecule is CCCOCCOCCCC(=O)COCCOC(=O)CCCOP(=O)(O)OCC(COC=O)OC=O. The van der Waals surface area contributed by atoms with Crippen LogP contribution in [0.5, 0.6) is 0 Å². The Bertz CT molecular complexity index is 644. The second-order valence-corrected chi connectivity index (χ2v) is 8.58. The van der Waals surface area contributed by atoms with Crippen molar-refractivity contribution in [1.29, 1.82) is 0 Å². The quantitative estimate of drug-likeness (QED) is 0.0508. The van der Waals surface area contributed by atoms with Crippen molar-refractivity contribution in [2.45, 2.75) is 45.1 Å². The highest BCUT2D eigenvalue weighted by molar-refractivity contribution is 7.47. The largest absolute Gasteiger partial charge is 0.472 e. The number of hydrogen-bond donors (Lipinski definition) is 1. The van der Waals surface area contributed by atoms with E-state index >= 15 is 0 Å². The Labute approximate surface area is 210 Å². The van der Waals surface area contributed by atoms with Crippen LogP contribution in [0.2, 0.25) is 0 Å². The third-order valence-corrected chi connectivity index (χ3v) is 5.00. The van der Waals surface area contributed by atoms with Gasteiger partial charge in [0.15, 0.2) is 11.9 Å². The van der Waals surface area contributed by atoms with Crippen molar-refractivity contribution in [2.24, 2.45) is 0 Å². The molecule has 0 fully saturated rings. The zero-order chi connectivity index (χ0) is 26.9. The molecule has 0 aliphatic rings. The fraction of sp³-hybridized carbons (Fsp3) is 0.810. The van der Waals surface area contributed by atoms with Crippen molar-refractivity contribution < 1.29 is 66.1 Å². The number of carbonyl (C=O) groups is 4. The Balaban J connectivity index is 3.70. The predicted octanol–water partition coefficient (Wildman–Crippen LogP) is 0.967. The van der Waals surface area contributed by atoms with Gasteiger partial charge in [0, 0.05) is 26.1 Å². The summed E-state index contributed by atoms with van der Waals surface area (Å²) in [4.78, 5) is 53.4. The van der Waals surface area contributed by atoms with Gasteiger partial charge in [0.05, 0.1) is 33.0 Å². The van der Waals surface area contributed by atoms with Crippen LogP contribution in [-0.4, -0.2) is 102 Å². The molecule has 0 aromatic carbocycles. The first kappa shape index (κ1) is 34.1. The van der Waals surface area contributed by atoms with E-state index in [1.165, 1.54) is 0 Å². The second kappa shape index (κ2) is 23.5. The third kappa shape index (κ3) is 22.5. The monoisotopic (exact) mass is 544 g/mol. The minimum absolute atomic E-state index is 0.0452. The molecule has 2 atom stereocenters. The minimum atomic E-state index is -4.48. The highest BCUT2D eigenvalue weighted by Gasteiger charge is 2.24. The van der Waals surface area contributed by atoms with Gasteiger partial charge in [0.25, 0.3) is 12.9 Å². The van der Waals surface area contributed by atoms with E-state index in [0.717, 1.165) is 6.42 Å². The molecule has 0 amide bonds. The molecule has 0 aromatic heterocycles. The van der Waals surface area contributed by atoms with E-state index in [1.54, 1.807) is 0 Å². The number of esters is 1. The Morgan fingerprint density at radius 3 is 2.22 bits per heavy atom. The van der Waals surface area contributed by atoms with Crippen molar-refractivity contribution in [3.8, 4) is 0 Å². The maximum atomic E-state index is 11.8. The molecule has 0 aliphatic carbocycles. The van der Waals surface area contributed by atoms with Crippen LogP contribution < -0.4 is 0 Å². The van der Waals surface area contributed by atoms with Crippen molar-refractivity contribution in [2.75, 3.05) is 66.1 Å². The molecule has 0 aliphatic heterocycles. The molecular weight excluding hydrogens is 507 g/mol. The number of rotatable bonds is 27. The average molecular weight is 544 g/mol. The van der Waals surface area contributed by atoms with Crippen LogP contribution in [0.25, 0.3) is 0 Å². The summed E-state index contributed by atoms with van der Waals surface area (Å²) >= 11 is 0. The molecule has 0 bridgehead atoms. The molecule has 15 heteroatoms. The lowest BCUT2D eigenvalue weighted by Gasteiger charge is -2.16. The van der Waals surface area contributed by atoms with Crippen LogP contribution in [0, 0.1) is 0 Å². The summed E-state index contributed by atoms with van der Waals surface area (Å²) in [7, 11) is -4.48. The normalized spacial score (nSPS) is 13.4. The van der Waals surface area contributed by atoms with Crippen LogP contribution >= 0.6 is 7.82 Å². The van der Waals surface area contributed by atoms with E-state index in [0.29, 0.717) is 39.3 Å². The first-order valence-corrected chi connectivity index (χ1v) is 13.0. The standard InChI is InChI=1S/C21H37O14P/c1-2-7-28-10-11-29-8-3-5-19(24)14-30-12-13-32-21(25)6-4-9-34-36(26,27)35-16-20(33-18-23)15-31-17-22/h17-18,20H,2-16H2,1H3,(H,26,27). The van der Waals surface area contributed by atoms with Gasteiger partial charge in [0.1, 0.15) is 19.8 Å². The Hall–Kier alpha value is -1.93. The molecule has 0 radical (unpaired) electrons. The van der Waals surface area contributed by atoms with Crippen molar-refractivity contribution >= 4 is 32.5 Å². The summed E-state index contributed by atoms with van der Waals surface area (Å²) in [5.74, 6) is -0.659. The van der Waals surface area contributed by atoms with Crippen LogP contribution in [-0.2, 0) is 61.2 Å². The van der Waals surface area contributed by atoms with E-state index in [4.69, 9.17) is 23.5 Å². The highest BCUT2D eigenvalue weighted by atomic mass is 31.2. The summed E-state index contributed by atoms with van der Waals surface area (Å²) in [6.07, 6.45) is 0.762. The van der Waals surface area contributed by atoms with Crippen LogP contribution in [0.3, 0.4) is 0 Å². The number of Topliss-reactive ketones (excluding diaryl/α,β-unsaturated/α-hetero) is 1. The van der Waals surface area contributed by atoms with Gasteiger partial charge < -0.3 is 33.3 Å². The number of ketones is 1. The smallest absolute Gasteiger partial charge is 0.464 e. The van der Waals surface area contributed by atoms with Gasteiger partial charge in [-0.05, 0) is 19.3 Å². The lowest BCUT2D eigenvalue weighted by molar-refractivity contribution is -0.145. The zero-order valence-corrected chi connectivity index (χ0v) is 21.4. The van der Waals surface area contributed by atoms with Crippen LogP contribution in [0.15, 0.2) is 0 Å².